The maximum absolute atomic E-state index is 2.34. The summed E-state index contributed by atoms with van der Waals surface area (Å²) in [5.41, 5.74) is 12.2. The van der Waals surface area contributed by atoms with Gasteiger partial charge in [-0.15, -0.1) is 0 Å². The van der Waals surface area contributed by atoms with Crippen LogP contribution in [0.5, 0.6) is 0 Å². The Labute approximate surface area is 226 Å². The topological polar surface area (TPSA) is 3.24 Å². The van der Waals surface area contributed by atoms with Crippen molar-refractivity contribution in [3.05, 3.63) is 157 Å². The zero-order valence-corrected chi connectivity index (χ0v) is 21.7. The van der Waals surface area contributed by atoms with E-state index in [4.69, 9.17) is 0 Å². The normalized spacial score (nSPS) is 12.7. The first-order valence-electron chi connectivity index (χ1n) is 13.3. The molecule has 0 saturated heterocycles. The van der Waals surface area contributed by atoms with E-state index < -0.39 is 0 Å². The van der Waals surface area contributed by atoms with Crippen LogP contribution in [-0.2, 0) is 0 Å². The molecule has 0 amide bonds. The SMILES string of the molecule is Cc1ccc(-c2cccc(-c3cccc(N(c4ccccc4)c4ccc(C5=CCCC=C5)cc4)c3)c2)cc1. The van der Waals surface area contributed by atoms with Gasteiger partial charge in [0.1, 0.15) is 0 Å². The summed E-state index contributed by atoms with van der Waals surface area (Å²) in [6, 6.07) is 46.0. The number of para-hydroxylation sites is 1. The van der Waals surface area contributed by atoms with Gasteiger partial charge in [0.05, 0.1) is 0 Å². The number of allylic oxidation sites excluding steroid dienone is 4. The van der Waals surface area contributed by atoms with Crippen molar-refractivity contribution in [2.75, 3.05) is 4.90 Å². The van der Waals surface area contributed by atoms with Crippen LogP contribution in [0.15, 0.2) is 146 Å². The van der Waals surface area contributed by atoms with Crippen LogP contribution in [0.1, 0.15) is 24.0 Å². The summed E-state index contributed by atoms with van der Waals surface area (Å²) in [6.45, 7) is 2.13. The molecule has 5 aromatic rings. The van der Waals surface area contributed by atoms with Crippen molar-refractivity contribution < 1.29 is 0 Å². The quantitative estimate of drug-likeness (QED) is 0.229. The fourth-order valence-corrected chi connectivity index (χ4v) is 5.10. The number of nitrogens with zero attached hydrogens (tertiary/aromatic N) is 1. The van der Waals surface area contributed by atoms with Crippen LogP contribution >= 0.6 is 0 Å². The molecule has 1 aliphatic rings. The second-order valence-corrected chi connectivity index (χ2v) is 9.85. The molecule has 0 atom stereocenters. The van der Waals surface area contributed by atoms with Gasteiger partial charge in [0.2, 0.25) is 0 Å². The molecule has 0 aromatic heterocycles. The lowest BCUT2D eigenvalue weighted by Gasteiger charge is -2.26. The molecule has 38 heavy (non-hydrogen) atoms. The first-order valence-corrected chi connectivity index (χ1v) is 13.3. The third-order valence-corrected chi connectivity index (χ3v) is 7.15. The molecule has 0 saturated carbocycles. The number of benzene rings is 5. The highest BCUT2D eigenvalue weighted by molar-refractivity contribution is 5.82. The molecule has 0 bridgehead atoms. The highest BCUT2D eigenvalue weighted by Crippen LogP contribution is 2.37. The smallest absolute Gasteiger partial charge is 0.0467 e. The Bertz CT molecular complexity index is 1590. The maximum Gasteiger partial charge on any atom is 0.0467 e. The van der Waals surface area contributed by atoms with E-state index in [-0.39, 0.29) is 0 Å². The van der Waals surface area contributed by atoms with Gasteiger partial charge in [-0.05, 0) is 95.6 Å². The standard InChI is InChI=1S/C37H31N/c1-28-18-20-31(21-19-28)32-12-8-13-33(26-32)34-14-9-17-37(27-34)38(35-15-6-3-7-16-35)36-24-22-30(23-25-36)29-10-4-2-5-11-29/h3-4,6-27H,2,5H2,1H3. The minimum atomic E-state index is 1.11. The Morgan fingerprint density at radius 2 is 1.08 bits per heavy atom. The molecule has 6 rings (SSSR count). The summed E-state index contributed by atoms with van der Waals surface area (Å²) in [5, 5.41) is 0. The molecule has 0 aliphatic heterocycles. The van der Waals surface area contributed by atoms with Gasteiger partial charge >= 0.3 is 0 Å². The lowest BCUT2D eigenvalue weighted by molar-refractivity contribution is 1.04. The van der Waals surface area contributed by atoms with Crippen LogP contribution in [0.25, 0.3) is 27.8 Å². The number of hydrogen-bond acceptors (Lipinski definition) is 1. The van der Waals surface area contributed by atoms with Crippen LogP contribution < -0.4 is 4.90 Å². The maximum atomic E-state index is 2.34. The van der Waals surface area contributed by atoms with Gasteiger partial charge in [0.15, 0.2) is 0 Å². The van der Waals surface area contributed by atoms with Crippen molar-refractivity contribution in [1.29, 1.82) is 0 Å². The van der Waals surface area contributed by atoms with E-state index in [1.807, 2.05) is 0 Å². The Kier molecular flexibility index (Phi) is 6.74. The number of anilines is 3. The molecular weight excluding hydrogens is 458 g/mol. The molecule has 0 heterocycles. The molecule has 0 unspecified atom stereocenters. The summed E-state index contributed by atoms with van der Waals surface area (Å²) in [4.78, 5) is 2.34. The average Bonchev–Trinajstić information content (AvgIpc) is 2.99. The lowest BCUT2D eigenvalue weighted by atomic mass is 9.98. The van der Waals surface area contributed by atoms with E-state index in [0.29, 0.717) is 0 Å². The van der Waals surface area contributed by atoms with Crippen LogP contribution in [-0.4, -0.2) is 0 Å². The third kappa shape index (κ3) is 5.10. The largest absolute Gasteiger partial charge is 0.310 e. The Hall–Kier alpha value is -4.62. The molecule has 0 spiro atoms. The van der Waals surface area contributed by atoms with Crippen molar-refractivity contribution >= 4 is 22.6 Å². The van der Waals surface area contributed by atoms with Crippen LogP contribution in [0.4, 0.5) is 17.1 Å². The van der Waals surface area contributed by atoms with Crippen LogP contribution in [0.2, 0.25) is 0 Å². The monoisotopic (exact) mass is 489 g/mol. The molecule has 0 radical (unpaired) electrons. The van der Waals surface area contributed by atoms with Crippen LogP contribution in [0.3, 0.4) is 0 Å². The van der Waals surface area contributed by atoms with Crippen LogP contribution in [0, 0.1) is 6.92 Å². The molecule has 1 nitrogen and oxygen atoms in total. The summed E-state index contributed by atoms with van der Waals surface area (Å²) in [5.74, 6) is 0. The average molecular weight is 490 g/mol. The van der Waals surface area contributed by atoms with Crippen molar-refractivity contribution in [2.24, 2.45) is 0 Å². The Balaban J connectivity index is 1.38. The fraction of sp³-hybridized carbons (Fsp3) is 0.0811. The van der Waals surface area contributed by atoms with E-state index >= 15 is 0 Å². The Morgan fingerprint density at radius 1 is 0.474 bits per heavy atom. The minimum Gasteiger partial charge on any atom is -0.310 e. The molecular formula is C37H31N. The van der Waals surface area contributed by atoms with Gasteiger partial charge in [0.25, 0.3) is 0 Å². The van der Waals surface area contributed by atoms with Crippen molar-refractivity contribution in [1.82, 2.24) is 0 Å². The highest BCUT2D eigenvalue weighted by Gasteiger charge is 2.14. The number of rotatable bonds is 6. The summed E-state index contributed by atoms with van der Waals surface area (Å²) in [6.07, 6.45) is 9.08. The van der Waals surface area contributed by atoms with E-state index in [1.54, 1.807) is 0 Å². The second-order valence-electron chi connectivity index (χ2n) is 9.85. The molecule has 1 aliphatic carbocycles. The highest BCUT2D eigenvalue weighted by atomic mass is 15.1. The molecule has 5 aromatic carbocycles. The number of aryl methyl sites for hydroxylation is 1. The van der Waals surface area contributed by atoms with E-state index in [2.05, 4.69) is 157 Å². The lowest BCUT2D eigenvalue weighted by Crippen LogP contribution is -2.10. The van der Waals surface area contributed by atoms with Gasteiger partial charge in [-0.1, -0.05) is 109 Å². The molecule has 184 valence electrons. The van der Waals surface area contributed by atoms with Gasteiger partial charge in [-0.25, -0.2) is 0 Å². The van der Waals surface area contributed by atoms with Crippen molar-refractivity contribution in [3.8, 4) is 22.3 Å². The van der Waals surface area contributed by atoms with E-state index in [1.165, 1.54) is 39.0 Å². The van der Waals surface area contributed by atoms with Gasteiger partial charge in [-0.3, -0.25) is 0 Å². The summed E-state index contributed by atoms with van der Waals surface area (Å²) in [7, 11) is 0. The zero-order chi connectivity index (χ0) is 25.7. The van der Waals surface area contributed by atoms with Crippen molar-refractivity contribution in [2.45, 2.75) is 19.8 Å². The Morgan fingerprint density at radius 3 is 1.79 bits per heavy atom. The second kappa shape index (κ2) is 10.8. The fourth-order valence-electron chi connectivity index (χ4n) is 5.10. The van der Waals surface area contributed by atoms with Gasteiger partial charge in [0, 0.05) is 17.1 Å². The first-order chi connectivity index (χ1) is 18.7. The zero-order valence-electron chi connectivity index (χ0n) is 21.7. The predicted molar refractivity (Wildman–Crippen MR) is 163 cm³/mol. The van der Waals surface area contributed by atoms with E-state index in [9.17, 15) is 0 Å². The first kappa shape index (κ1) is 23.8. The number of hydrogen-bond donors (Lipinski definition) is 0. The van der Waals surface area contributed by atoms with E-state index in [0.717, 1.165) is 29.9 Å². The molecule has 0 fully saturated rings. The summed E-state index contributed by atoms with van der Waals surface area (Å²) < 4.78 is 0. The molecule has 0 N–H and O–H groups in total. The van der Waals surface area contributed by atoms with Gasteiger partial charge < -0.3 is 4.90 Å². The third-order valence-electron chi connectivity index (χ3n) is 7.15. The molecule has 1 heteroatoms. The van der Waals surface area contributed by atoms with Crippen molar-refractivity contribution in [3.63, 3.8) is 0 Å². The predicted octanol–water partition coefficient (Wildman–Crippen LogP) is 10.5. The summed E-state index contributed by atoms with van der Waals surface area (Å²) >= 11 is 0. The van der Waals surface area contributed by atoms with Gasteiger partial charge in [-0.2, -0.15) is 0 Å². The minimum absolute atomic E-state index is 1.11.